The number of nitrogen functional groups attached to an aromatic ring is 1. The molecule has 0 aliphatic heterocycles. The third kappa shape index (κ3) is 1.27. The summed E-state index contributed by atoms with van der Waals surface area (Å²) in [5.41, 5.74) is 5.25. The largest absolute Gasteiger partial charge is 0.374 e. The van der Waals surface area contributed by atoms with Crippen LogP contribution < -0.4 is 5.73 Å². The summed E-state index contributed by atoms with van der Waals surface area (Å²) in [5, 5.41) is 7.72. The lowest BCUT2D eigenvalue weighted by Crippen LogP contribution is -1.79. The molecular formula is C2H3N3S3. The predicted molar refractivity (Wildman–Crippen MR) is 39.2 cm³/mol. The Labute approximate surface area is 59.5 Å². The molecule has 0 aromatic carbocycles. The van der Waals surface area contributed by atoms with Gasteiger partial charge < -0.3 is 5.73 Å². The minimum Gasteiger partial charge on any atom is -0.374 e. The fraction of sp³-hybridized carbons (Fsp3) is 0. The van der Waals surface area contributed by atoms with Crippen molar-refractivity contribution in [3.8, 4) is 0 Å². The van der Waals surface area contributed by atoms with Gasteiger partial charge in [0.05, 0.1) is 0 Å². The van der Waals surface area contributed by atoms with Gasteiger partial charge in [-0.15, -0.1) is 21.9 Å². The molecule has 0 aliphatic rings. The van der Waals surface area contributed by atoms with Crippen LogP contribution in [0.5, 0.6) is 0 Å². The van der Waals surface area contributed by atoms with E-state index in [4.69, 9.17) is 5.73 Å². The fourth-order valence-corrected chi connectivity index (χ4v) is 1.53. The maximum Gasteiger partial charge on any atom is 0.203 e. The molecule has 1 rings (SSSR count). The second-order valence-electron chi connectivity index (χ2n) is 0.997. The zero-order valence-electron chi connectivity index (χ0n) is 3.74. The molecule has 1 aromatic rings. The van der Waals surface area contributed by atoms with E-state index in [9.17, 15) is 0 Å². The number of hydrogen-bond acceptors (Lipinski definition) is 6. The van der Waals surface area contributed by atoms with E-state index in [0.29, 0.717) is 5.13 Å². The maximum absolute atomic E-state index is 5.25. The smallest absolute Gasteiger partial charge is 0.203 e. The normalized spacial score (nSPS) is 9.62. The van der Waals surface area contributed by atoms with Crippen molar-refractivity contribution in [3.63, 3.8) is 0 Å². The summed E-state index contributed by atoms with van der Waals surface area (Å²) in [6.07, 6.45) is 0. The summed E-state index contributed by atoms with van der Waals surface area (Å²) < 4.78 is 0.783. The van der Waals surface area contributed by atoms with Crippen LogP contribution in [0, 0.1) is 0 Å². The summed E-state index contributed by atoms with van der Waals surface area (Å²) in [6.45, 7) is 0. The SMILES string of the molecule is Nc1nnc(SS)s1. The van der Waals surface area contributed by atoms with Gasteiger partial charge in [0.2, 0.25) is 5.13 Å². The molecule has 0 spiro atoms. The topological polar surface area (TPSA) is 51.8 Å². The monoisotopic (exact) mass is 165 g/mol. The number of aromatic nitrogens is 2. The summed E-state index contributed by atoms with van der Waals surface area (Å²) >= 11 is 5.22. The highest BCUT2D eigenvalue weighted by atomic mass is 33.1. The molecule has 2 N–H and O–H groups in total. The van der Waals surface area contributed by atoms with Crippen molar-refractivity contribution in [3.05, 3.63) is 0 Å². The van der Waals surface area contributed by atoms with E-state index in [0.717, 1.165) is 4.34 Å². The lowest BCUT2D eigenvalue weighted by molar-refractivity contribution is 1.02. The van der Waals surface area contributed by atoms with Gasteiger partial charge in [0, 0.05) is 0 Å². The number of anilines is 1. The van der Waals surface area contributed by atoms with E-state index in [-0.39, 0.29) is 0 Å². The van der Waals surface area contributed by atoms with E-state index in [1.807, 2.05) is 0 Å². The van der Waals surface area contributed by atoms with E-state index in [2.05, 4.69) is 21.9 Å². The fourth-order valence-electron chi connectivity index (χ4n) is 0.257. The summed E-state index contributed by atoms with van der Waals surface area (Å²) in [5.74, 6) is 0. The molecule has 6 heteroatoms. The van der Waals surface area contributed by atoms with Gasteiger partial charge in [-0.1, -0.05) is 11.3 Å². The highest BCUT2D eigenvalue weighted by molar-refractivity contribution is 8.69. The lowest BCUT2D eigenvalue weighted by Gasteiger charge is -1.74. The van der Waals surface area contributed by atoms with Crippen LogP contribution in [0.2, 0.25) is 0 Å². The first-order chi connectivity index (χ1) is 3.83. The molecule has 3 nitrogen and oxygen atoms in total. The standard InChI is InChI=1S/C2H3N3S3/c3-1-4-5-2(7-1)8-6/h6H,(H2,3,4). The molecule has 0 saturated heterocycles. The molecule has 0 fully saturated rings. The van der Waals surface area contributed by atoms with Crippen LogP contribution in [0.4, 0.5) is 5.13 Å². The van der Waals surface area contributed by atoms with Crippen molar-refractivity contribution in [2.45, 2.75) is 4.34 Å². The number of hydrogen-bond donors (Lipinski definition) is 2. The molecule has 1 heterocycles. The third-order valence-electron chi connectivity index (χ3n) is 0.500. The first-order valence-corrected chi connectivity index (χ1v) is 4.42. The number of thiol groups is 1. The van der Waals surface area contributed by atoms with Gasteiger partial charge in [-0.25, -0.2) is 0 Å². The van der Waals surface area contributed by atoms with Gasteiger partial charge in [0.1, 0.15) is 0 Å². The molecule has 0 bridgehead atoms. The first-order valence-electron chi connectivity index (χ1n) is 1.73. The highest BCUT2D eigenvalue weighted by Gasteiger charge is 1.95. The Balaban J connectivity index is 2.84. The van der Waals surface area contributed by atoms with Gasteiger partial charge >= 0.3 is 0 Å². The van der Waals surface area contributed by atoms with Gasteiger partial charge in [-0.2, -0.15) is 0 Å². The number of nitrogens with two attached hydrogens (primary N) is 1. The molecule has 1 aromatic heterocycles. The summed E-state index contributed by atoms with van der Waals surface area (Å²) in [6, 6.07) is 0. The van der Waals surface area contributed by atoms with Crippen LogP contribution in [0.15, 0.2) is 4.34 Å². The van der Waals surface area contributed by atoms with Crippen LogP contribution in [-0.2, 0) is 0 Å². The second-order valence-corrected chi connectivity index (χ2v) is 3.38. The Morgan fingerprint density at radius 1 is 1.62 bits per heavy atom. The zero-order chi connectivity index (χ0) is 5.98. The molecule has 0 aliphatic carbocycles. The van der Waals surface area contributed by atoms with Gasteiger partial charge in [0.15, 0.2) is 4.34 Å². The van der Waals surface area contributed by atoms with E-state index in [1.54, 1.807) is 0 Å². The Hall–Kier alpha value is 0.0600. The average Bonchev–Trinajstić information content (AvgIpc) is 2.14. The number of nitrogens with zero attached hydrogens (tertiary/aromatic N) is 2. The molecule has 0 amide bonds. The molecule has 0 unspecified atom stereocenters. The lowest BCUT2D eigenvalue weighted by atomic mass is 11.3. The Morgan fingerprint density at radius 3 is 2.62 bits per heavy atom. The van der Waals surface area contributed by atoms with Crippen molar-refractivity contribution in [2.24, 2.45) is 0 Å². The Morgan fingerprint density at radius 2 is 2.38 bits per heavy atom. The van der Waals surface area contributed by atoms with Crippen molar-refractivity contribution >= 4 is 38.9 Å². The zero-order valence-corrected chi connectivity index (χ0v) is 6.26. The molecule has 0 atom stereocenters. The summed E-state index contributed by atoms with van der Waals surface area (Å²) in [4.78, 5) is 0. The van der Waals surface area contributed by atoms with E-state index >= 15 is 0 Å². The Bertz CT molecular complexity index is 173. The van der Waals surface area contributed by atoms with Crippen LogP contribution >= 0.6 is 33.8 Å². The molecule has 44 valence electrons. The van der Waals surface area contributed by atoms with Crippen LogP contribution in [0.25, 0.3) is 0 Å². The number of rotatable bonds is 1. The molecule has 0 radical (unpaired) electrons. The average molecular weight is 165 g/mol. The minimum atomic E-state index is 0.488. The van der Waals surface area contributed by atoms with Crippen LogP contribution in [-0.4, -0.2) is 10.2 Å². The quantitative estimate of drug-likeness (QED) is 0.482. The predicted octanol–water partition coefficient (Wildman–Crippen LogP) is 1.06. The Kier molecular flexibility index (Phi) is 1.98. The van der Waals surface area contributed by atoms with Gasteiger partial charge in [0.25, 0.3) is 0 Å². The van der Waals surface area contributed by atoms with Gasteiger partial charge in [-0.05, 0) is 10.8 Å². The minimum absolute atomic E-state index is 0.488. The van der Waals surface area contributed by atoms with E-state index < -0.39 is 0 Å². The molecule has 0 saturated carbocycles. The van der Waals surface area contributed by atoms with Gasteiger partial charge in [-0.3, -0.25) is 0 Å². The second kappa shape index (κ2) is 2.56. The third-order valence-corrected chi connectivity index (χ3v) is 2.67. The summed E-state index contributed by atoms with van der Waals surface area (Å²) in [7, 11) is 1.25. The van der Waals surface area contributed by atoms with Crippen molar-refractivity contribution in [1.82, 2.24) is 10.2 Å². The van der Waals surface area contributed by atoms with Crippen molar-refractivity contribution in [1.29, 1.82) is 0 Å². The molecule has 8 heavy (non-hydrogen) atoms. The van der Waals surface area contributed by atoms with Crippen molar-refractivity contribution in [2.75, 3.05) is 5.73 Å². The van der Waals surface area contributed by atoms with Crippen LogP contribution in [0.3, 0.4) is 0 Å². The highest BCUT2D eigenvalue weighted by Crippen LogP contribution is 2.25. The maximum atomic E-state index is 5.25. The first kappa shape index (κ1) is 6.18. The van der Waals surface area contributed by atoms with E-state index in [1.165, 1.54) is 22.1 Å². The molecular weight excluding hydrogens is 162 g/mol. The van der Waals surface area contributed by atoms with Crippen LogP contribution in [0.1, 0.15) is 0 Å². The van der Waals surface area contributed by atoms with Crippen molar-refractivity contribution < 1.29 is 0 Å².